The monoisotopic (exact) mass is 175 g/mol. The lowest BCUT2D eigenvalue weighted by Gasteiger charge is -2.09. The molecule has 0 unspecified atom stereocenters. The third-order valence-electron chi connectivity index (χ3n) is 2.16. The maximum absolute atomic E-state index is 4.12. The Morgan fingerprint density at radius 2 is 1.85 bits per heavy atom. The van der Waals surface area contributed by atoms with Gasteiger partial charge in [-0.3, -0.25) is 0 Å². The molecule has 1 aliphatic rings. The molecule has 0 aliphatic carbocycles. The summed E-state index contributed by atoms with van der Waals surface area (Å²) in [5, 5.41) is 0. The Morgan fingerprint density at radius 1 is 1.15 bits per heavy atom. The van der Waals surface area contributed by atoms with Crippen LogP contribution in [0, 0.1) is 0 Å². The maximum atomic E-state index is 4.12. The molecule has 13 heavy (non-hydrogen) atoms. The van der Waals surface area contributed by atoms with Crippen molar-refractivity contribution in [2.24, 2.45) is 0 Å². The van der Waals surface area contributed by atoms with E-state index in [-0.39, 0.29) is 0 Å². The molecule has 1 saturated heterocycles. The molecular weight excluding hydrogens is 162 g/mol. The molecule has 1 fully saturated rings. The lowest BCUT2D eigenvalue weighted by Crippen LogP contribution is -2.10. The summed E-state index contributed by atoms with van der Waals surface area (Å²) < 4.78 is 0. The predicted octanol–water partition coefficient (Wildman–Crippen LogP) is 1.54. The van der Waals surface area contributed by atoms with E-state index in [9.17, 15) is 0 Å². The first-order chi connectivity index (χ1) is 6.45. The molecule has 2 rings (SSSR count). The van der Waals surface area contributed by atoms with Crippen molar-refractivity contribution in [1.29, 1.82) is 0 Å². The normalized spacial score (nSPS) is 17.1. The van der Waals surface area contributed by atoms with Gasteiger partial charge in [0.1, 0.15) is 0 Å². The Kier molecular flexibility index (Phi) is 2.55. The molecular formula is C10H13N3. The van der Waals surface area contributed by atoms with Crippen LogP contribution >= 0.6 is 0 Å². The van der Waals surface area contributed by atoms with Gasteiger partial charge < -0.3 is 4.90 Å². The summed E-state index contributed by atoms with van der Waals surface area (Å²) in [5.41, 5.74) is 0. The minimum absolute atomic E-state index is 0.786. The zero-order valence-electron chi connectivity index (χ0n) is 7.56. The highest BCUT2D eigenvalue weighted by molar-refractivity contribution is 5.38. The SMILES string of the molecule is C(=CN1CCCC1)c1ncccn1. The Bertz CT molecular complexity index is 275. The van der Waals surface area contributed by atoms with Gasteiger partial charge in [-0.1, -0.05) is 0 Å². The maximum Gasteiger partial charge on any atom is 0.153 e. The highest BCUT2D eigenvalue weighted by Crippen LogP contribution is 2.08. The number of hydrogen-bond acceptors (Lipinski definition) is 3. The molecule has 1 aromatic heterocycles. The van der Waals surface area contributed by atoms with Crippen molar-refractivity contribution in [3.63, 3.8) is 0 Å². The second-order valence-corrected chi connectivity index (χ2v) is 3.17. The smallest absolute Gasteiger partial charge is 0.153 e. The van der Waals surface area contributed by atoms with Gasteiger partial charge in [-0.15, -0.1) is 0 Å². The molecule has 0 radical (unpaired) electrons. The van der Waals surface area contributed by atoms with Crippen LogP contribution in [0.15, 0.2) is 24.7 Å². The van der Waals surface area contributed by atoms with E-state index in [1.54, 1.807) is 12.4 Å². The third-order valence-corrected chi connectivity index (χ3v) is 2.16. The van der Waals surface area contributed by atoms with Crippen LogP contribution < -0.4 is 0 Å². The van der Waals surface area contributed by atoms with Crippen LogP contribution in [0.25, 0.3) is 6.08 Å². The first kappa shape index (κ1) is 8.23. The molecule has 0 amide bonds. The van der Waals surface area contributed by atoms with Crippen LogP contribution in [0.3, 0.4) is 0 Å². The molecule has 2 heterocycles. The van der Waals surface area contributed by atoms with Crippen LogP contribution in [0.1, 0.15) is 18.7 Å². The van der Waals surface area contributed by atoms with Crippen molar-refractivity contribution in [2.45, 2.75) is 12.8 Å². The van der Waals surface area contributed by atoms with Gasteiger partial charge in [0.05, 0.1) is 0 Å². The van der Waals surface area contributed by atoms with E-state index in [1.165, 1.54) is 25.9 Å². The van der Waals surface area contributed by atoms with E-state index < -0.39 is 0 Å². The van der Waals surface area contributed by atoms with Gasteiger partial charge in [0.25, 0.3) is 0 Å². The first-order valence-corrected chi connectivity index (χ1v) is 4.64. The lowest BCUT2D eigenvalue weighted by atomic mass is 10.4. The lowest BCUT2D eigenvalue weighted by molar-refractivity contribution is 0.471. The van der Waals surface area contributed by atoms with E-state index in [1.807, 2.05) is 12.1 Å². The van der Waals surface area contributed by atoms with Crippen LogP contribution in [0.4, 0.5) is 0 Å². The highest BCUT2D eigenvalue weighted by Gasteiger charge is 2.05. The summed E-state index contributed by atoms with van der Waals surface area (Å²) >= 11 is 0. The van der Waals surface area contributed by atoms with E-state index >= 15 is 0 Å². The molecule has 3 heteroatoms. The van der Waals surface area contributed by atoms with Gasteiger partial charge in [-0.25, -0.2) is 9.97 Å². The Morgan fingerprint density at radius 3 is 2.54 bits per heavy atom. The highest BCUT2D eigenvalue weighted by atomic mass is 15.1. The summed E-state index contributed by atoms with van der Waals surface area (Å²) in [6, 6.07) is 1.83. The quantitative estimate of drug-likeness (QED) is 0.682. The van der Waals surface area contributed by atoms with Gasteiger partial charge in [0, 0.05) is 31.7 Å². The Hall–Kier alpha value is -1.38. The number of likely N-dealkylation sites (tertiary alicyclic amines) is 1. The largest absolute Gasteiger partial charge is 0.377 e. The van der Waals surface area contributed by atoms with Gasteiger partial charge in [-0.2, -0.15) is 0 Å². The van der Waals surface area contributed by atoms with E-state index in [0.29, 0.717) is 0 Å². The third kappa shape index (κ3) is 2.28. The van der Waals surface area contributed by atoms with Crippen LogP contribution in [0.5, 0.6) is 0 Å². The minimum atomic E-state index is 0.786. The van der Waals surface area contributed by atoms with E-state index in [2.05, 4.69) is 21.1 Å². The summed E-state index contributed by atoms with van der Waals surface area (Å²) in [6.07, 6.45) is 10.2. The van der Waals surface area contributed by atoms with E-state index in [4.69, 9.17) is 0 Å². The van der Waals surface area contributed by atoms with Crippen molar-refractivity contribution >= 4 is 6.08 Å². The summed E-state index contributed by atoms with van der Waals surface area (Å²) in [6.45, 7) is 2.34. The molecule has 68 valence electrons. The minimum Gasteiger partial charge on any atom is -0.377 e. The molecule has 3 nitrogen and oxygen atoms in total. The summed E-state index contributed by atoms with van der Waals surface area (Å²) in [5.74, 6) is 0.786. The average molecular weight is 175 g/mol. The van der Waals surface area contributed by atoms with Crippen LogP contribution in [0.2, 0.25) is 0 Å². The molecule has 1 aromatic rings. The summed E-state index contributed by atoms with van der Waals surface area (Å²) in [7, 11) is 0. The van der Waals surface area contributed by atoms with Crippen molar-refractivity contribution in [3.05, 3.63) is 30.5 Å². The van der Waals surface area contributed by atoms with Crippen molar-refractivity contribution < 1.29 is 0 Å². The molecule has 0 spiro atoms. The molecule has 0 atom stereocenters. The first-order valence-electron chi connectivity index (χ1n) is 4.64. The zero-order chi connectivity index (χ0) is 8.93. The van der Waals surface area contributed by atoms with E-state index in [0.717, 1.165) is 5.82 Å². The molecule has 1 aliphatic heterocycles. The number of rotatable bonds is 2. The zero-order valence-corrected chi connectivity index (χ0v) is 7.56. The topological polar surface area (TPSA) is 29.0 Å². The number of aromatic nitrogens is 2. The van der Waals surface area contributed by atoms with Crippen molar-refractivity contribution in [1.82, 2.24) is 14.9 Å². The second kappa shape index (κ2) is 4.03. The van der Waals surface area contributed by atoms with Crippen molar-refractivity contribution in [3.8, 4) is 0 Å². The standard InChI is InChI=1S/C10H13N3/c1-2-8-13(7-1)9-4-10-11-5-3-6-12-10/h3-6,9H,1-2,7-8H2. The second-order valence-electron chi connectivity index (χ2n) is 3.17. The molecule has 0 N–H and O–H groups in total. The number of nitrogens with zero attached hydrogens (tertiary/aromatic N) is 3. The van der Waals surface area contributed by atoms with Gasteiger partial charge in [-0.05, 0) is 25.0 Å². The fourth-order valence-electron chi connectivity index (χ4n) is 1.46. The van der Waals surface area contributed by atoms with Crippen LogP contribution in [-0.4, -0.2) is 28.0 Å². The molecule has 0 bridgehead atoms. The van der Waals surface area contributed by atoms with Gasteiger partial charge in [0.15, 0.2) is 5.82 Å². The number of hydrogen-bond donors (Lipinski definition) is 0. The molecule has 0 aromatic carbocycles. The predicted molar refractivity (Wildman–Crippen MR) is 51.9 cm³/mol. The fraction of sp³-hybridized carbons (Fsp3) is 0.400. The van der Waals surface area contributed by atoms with Crippen molar-refractivity contribution in [2.75, 3.05) is 13.1 Å². The Labute approximate surface area is 78.1 Å². The molecule has 0 saturated carbocycles. The average Bonchev–Trinajstić information content (AvgIpc) is 2.69. The van der Waals surface area contributed by atoms with Crippen LogP contribution in [-0.2, 0) is 0 Å². The fourth-order valence-corrected chi connectivity index (χ4v) is 1.46. The van der Waals surface area contributed by atoms with Gasteiger partial charge >= 0.3 is 0 Å². The summed E-state index contributed by atoms with van der Waals surface area (Å²) in [4.78, 5) is 10.5. The Balaban J connectivity index is 1.97. The van der Waals surface area contributed by atoms with Gasteiger partial charge in [0.2, 0.25) is 0 Å².